The Balaban J connectivity index is 2.58. The van der Waals surface area contributed by atoms with Crippen LogP contribution in [0.1, 0.15) is 12.8 Å². The molecule has 0 atom stereocenters. The van der Waals surface area contributed by atoms with Crippen LogP contribution in [0.25, 0.3) is 0 Å². The van der Waals surface area contributed by atoms with E-state index in [0.717, 1.165) is 0 Å². The molecule has 10 heavy (non-hydrogen) atoms. The van der Waals surface area contributed by atoms with Crippen molar-refractivity contribution in [2.24, 2.45) is 4.99 Å². The van der Waals surface area contributed by atoms with Crippen molar-refractivity contribution in [3.05, 3.63) is 0 Å². The van der Waals surface area contributed by atoms with Crippen molar-refractivity contribution in [3.8, 4) is 0 Å². The van der Waals surface area contributed by atoms with Gasteiger partial charge in [0.15, 0.2) is 0 Å². The normalized spacial score (nSPS) is 20.4. The summed E-state index contributed by atoms with van der Waals surface area (Å²) in [4.78, 5) is 24.6. The monoisotopic (exact) mass is 141 g/mol. The molecule has 0 aromatic rings. The van der Waals surface area contributed by atoms with Crippen LogP contribution >= 0.6 is 0 Å². The summed E-state index contributed by atoms with van der Waals surface area (Å²) >= 11 is 0. The molecule has 0 N–H and O–H groups in total. The molecule has 0 unspecified atom stereocenters. The van der Waals surface area contributed by atoms with Gasteiger partial charge in [0.25, 0.3) is 0 Å². The molecular formula is C6H7NO3. The first-order chi connectivity index (χ1) is 4.72. The molecule has 1 aliphatic rings. The fraction of sp³-hybridized carbons (Fsp3) is 0.500. The van der Waals surface area contributed by atoms with Gasteiger partial charge in [-0.15, -0.1) is 0 Å². The average Bonchev–Trinajstić information content (AvgIpc) is 1.85. The van der Waals surface area contributed by atoms with E-state index in [9.17, 15) is 9.59 Å². The highest BCUT2D eigenvalue weighted by Crippen LogP contribution is 2.11. The van der Waals surface area contributed by atoms with E-state index in [-0.39, 0.29) is 18.9 Å². The Morgan fingerprint density at radius 2 is 1.90 bits per heavy atom. The second kappa shape index (κ2) is 2.60. The summed E-state index contributed by atoms with van der Waals surface area (Å²) in [6.07, 6.45) is 0.352. The molecule has 0 aliphatic carbocycles. The maximum atomic E-state index is 10.5. The number of cyclic esters (lactones) is 2. The minimum Gasteiger partial charge on any atom is -0.393 e. The Labute approximate surface area is 57.9 Å². The summed E-state index contributed by atoms with van der Waals surface area (Å²) < 4.78 is 4.25. The minimum atomic E-state index is -0.506. The van der Waals surface area contributed by atoms with Crippen molar-refractivity contribution in [2.75, 3.05) is 0 Å². The molecule has 1 aliphatic heterocycles. The van der Waals surface area contributed by atoms with Crippen LogP contribution in [-0.4, -0.2) is 24.7 Å². The number of hydrogen-bond donors (Lipinski definition) is 0. The quantitative estimate of drug-likeness (QED) is 0.291. The van der Waals surface area contributed by atoms with Crippen molar-refractivity contribution in [3.63, 3.8) is 0 Å². The smallest absolute Gasteiger partial charge is 0.315 e. The predicted molar refractivity (Wildman–Crippen MR) is 33.7 cm³/mol. The van der Waals surface area contributed by atoms with E-state index in [4.69, 9.17) is 0 Å². The average molecular weight is 141 g/mol. The van der Waals surface area contributed by atoms with E-state index in [1.807, 2.05) is 0 Å². The van der Waals surface area contributed by atoms with Gasteiger partial charge in [-0.25, -0.2) is 0 Å². The zero-order chi connectivity index (χ0) is 7.56. The molecule has 54 valence electrons. The minimum absolute atomic E-state index is 0.176. The Hall–Kier alpha value is -1.19. The standard InChI is InChI=1S/C6H7NO3/c1-7-4-2-5(8)10-6(9)3-4/h4H,1-3H2. The fourth-order valence-corrected chi connectivity index (χ4v) is 0.796. The molecular weight excluding hydrogens is 134 g/mol. The van der Waals surface area contributed by atoms with Crippen molar-refractivity contribution in [2.45, 2.75) is 18.9 Å². The summed E-state index contributed by atoms with van der Waals surface area (Å²) in [5.41, 5.74) is 0. The first-order valence-electron chi connectivity index (χ1n) is 2.91. The summed E-state index contributed by atoms with van der Waals surface area (Å²) in [6, 6.07) is -0.270. The SMILES string of the molecule is C=NC1CC(=O)OC(=O)C1. The lowest BCUT2D eigenvalue weighted by Crippen LogP contribution is -2.27. The molecule has 1 heterocycles. The molecule has 0 bridgehead atoms. The Morgan fingerprint density at radius 1 is 1.40 bits per heavy atom. The summed E-state index contributed by atoms with van der Waals surface area (Å²) in [5.74, 6) is -1.01. The molecule has 0 aromatic carbocycles. The van der Waals surface area contributed by atoms with Gasteiger partial charge in [0, 0.05) is 0 Å². The topological polar surface area (TPSA) is 55.7 Å². The van der Waals surface area contributed by atoms with E-state index >= 15 is 0 Å². The summed E-state index contributed by atoms with van der Waals surface area (Å²) in [6.45, 7) is 3.24. The molecule has 1 saturated heterocycles. The van der Waals surface area contributed by atoms with Crippen LogP contribution in [0.3, 0.4) is 0 Å². The van der Waals surface area contributed by atoms with E-state index in [1.165, 1.54) is 0 Å². The van der Waals surface area contributed by atoms with E-state index in [1.54, 1.807) is 0 Å². The second-order valence-electron chi connectivity index (χ2n) is 2.09. The lowest BCUT2D eigenvalue weighted by molar-refractivity contribution is -0.163. The highest BCUT2D eigenvalue weighted by atomic mass is 16.6. The molecule has 4 nitrogen and oxygen atoms in total. The van der Waals surface area contributed by atoms with Crippen molar-refractivity contribution >= 4 is 18.7 Å². The summed E-state index contributed by atoms with van der Waals surface area (Å²) in [7, 11) is 0. The van der Waals surface area contributed by atoms with Crippen LogP contribution in [0.5, 0.6) is 0 Å². The first-order valence-corrected chi connectivity index (χ1v) is 2.91. The number of aliphatic imine (C=N–C) groups is 1. The second-order valence-corrected chi connectivity index (χ2v) is 2.09. The molecule has 4 heteroatoms. The number of carbonyl (C=O) groups is 2. The van der Waals surface area contributed by atoms with Crippen LogP contribution in [0, 0.1) is 0 Å². The first kappa shape index (κ1) is 6.92. The Morgan fingerprint density at radius 3 is 2.30 bits per heavy atom. The van der Waals surface area contributed by atoms with Crippen LogP contribution in [0.4, 0.5) is 0 Å². The molecule has 0 saturated carbocycles. The van der Waals surface area contributed by atoms with Gasteiger partial charge in [0.05, 0.1) is 18.9 Å². The van der Waals surface area contributed by atoms with Crippen molar-refractivity contribution in [1.82, 2.24) is 0 Å². The van der Waals surface area contributed by atoms with Crippen molar-refractivity contribution in [1.29, 1.82) is 0 Å². The van der Waals surface area contributed by atoms with Gasteiger partial charge in [-0.1, -0.05) is 0 Å². The molecule has 0 spiro atoms. The van der Waals surface area contributed by atoms with Gasteiger partial charge in [0.1, 0.15) is 0 Å². The molecule has 1 rings (SSSR count). The number of hydrogen-bond acceptors (Lipinski definition) is 4. The van der Waals surface area contributed by atoms with E-state index in [0.29, 0.717) is 0 Å². The van der Waals surface area contributed by atoms with E-state index < -0.39 is 11.9 Å². The molecule has 1 fully saturated rings. The van der Waals surface area contributed by atoms with Gasteiger partial charge >= 0.3 is 11.9 Å². The van der Waals surface area contributed by atoms with Gasteiger partial charge in [-0.3, -0.25) is 14.6 Å². The number of nitrogens with zero attached hydrogens (tertiary/aromatic N) is 1. The lowest BCUT2D eigenvalue weighted by Gasteiger charge is -2.14. The zero-order valence-corrected chi connectivity index (χ0v) is 5.37. The highest BCUT2D eigenvalue weighted by molar-refractivity contribution is 5.89. The molecule has 0 radical (unpaired) electrons. The van der Waals surface area contributed by atoms with Gasteiger partial charge in [-0.2, -0.15) is 0 Å². The van der Waals surface area contributed by atoms with Crippen LogP contribution in [0.15, 0.2) is 4.99 Å². The fourth-order valence-electron chi connectivity index (χ4n) is 0.796. The third-order valence-corrected chi connectivity index (χ3v) is 1.29. The Kier molecular flexibility index (Phi) is 1.80. The maximum absolute atomic E-state index is 10.5. The number of ether oxygens (including phenoxy) is 1. The zero-order valence-electron chi connectivity index (χ0n) is 5.37. The maximum Gasteiger partial charge on any atom is 0.315 e. The van der Waals surface area contributed by atoms with Gasteiger partial charge in [-0.05, 0) is 6.72 Å². The molecule has 0 amide bonds. The Bertz CT molecular complexity index is 171. The van der Waals surface area contributed by atoms with Crippen molar-refractivity contribution < 1.29 is 14.3 Å². The molecule has 0 aromatic heterocycles. The third-order valence-electron chi connectivity index (χ3n) is 1.29. The highest BCUT2D eigenvalue weighted by Gasteiger charge is 2.25. The number of rotatable bonds is 1. The predicted octanol–water partition coefficient (Wildman–Crippen LogP) is -0.0808. The van der Waals surface area contributed by atoms with Crippen LogP contribution in [0.2, 0.25) is 0 Å². The number of carbonyl (C=O) groups excluding carboxylic acids is 2. The third kappa shape index (κ3) is 1.40. The van der Waals surface area contributed by atoms with Gasteiger partial charge in [0.2, 0.25) is 0 Å². The van der Waals surface area contributed by atoms with E-state index in [2.05, 4.69) is 16.4 Å². The van der Waals surface area contributed by atoms with Crippen LogP contribution < -0.4 is 0 Å². The van der Waals surface area contributed by atoms with Crippen LogP contribution in [-0.2, 0) is 14.3 Å². The van der Waals surface area contributed by atoms with Gasteiger partial charge < -0.3 is 4.74 Å². The lowest BCUT2D eigenvalue weighted by atomic mass is 10.1. The summed E-state index contributed by atoms with van der Waals surface area (Å²) in [5, 5.41) is 0. The number of esters is 2. The largest absolute Gasteiger partial charge is 0.393 e.